The van der Waals surface area contributed by atoms with Gasteiger partial charge in [0.25, 0.3) is 11.5 Å². The van der Waals surface area contributed by atoms with Crippen LogP contribution in [0.5, 0.6) is 0 Å². The lowest BCUT2D eigenvalue weighted by Crippen LogP contribution is -2.38. The summed E-state index contributed by atoms with van der Waals surface area (Å²) in [5.74, 6) is -0.258. The zero-order valence-corrected chi connectivity index (χ0v) is 19.6. The van der Waals surface area contributed by atoms with Gasteiger partial charge in [0.05, 0.1) is 11.8 Å². The fraction of sp³-hybridized carbons (Fsp3) is 0.296. The zero-order valence-electron chi connectivity index (χ0n) is 19.6. The van der Waals surface area contributed by atoms with Gasteiger partial charge in [0.15, 0.2) is 5.65 Å². The molecular formula is C27H29N5O2. The first-order valence-electron chi connectivity index (χ1n) is 11.9. The van der Waals surface area contributed by atoms with Crippen LogP contribution in [0.3, 0.4) is 0 Å². The van der Waals surface area contributed by atoms with Crippen molar-refractivity contribution in [2.75, 3.05) is 11.9 Å². The van der Waals surface area contributed by atoms with E-state index in [1.165, 1.54) is 16.3 Å². The molecule has 0 aliphatic carbocycles. The van der Waals surface area contributed by atoms with E-state index in [9.17, 15) is 9.59 Å². The Hall–Kier alpha value is -3.71. The summed E-state index contributed by atoms with van der Waals surface area (Å²) in [6, 6.07) is 18.1. The van der Waals surface area contributed by atoms with Gasteiger partial charge in [0, 0.05) is 44.0 Å². The molecule has 0 bridgehead atoms. The number of carbonyl (C=O) groups is 1. The molecule has 0 radical (unpaired) electrons. The number of fused-ring (bicyclic) bond motifs is 2. The monoisotopic (exact) mass is 455 g/mol. The molecule has 1 aliphatic heterocycles. The lowest BCUT2D eigenvalue weighted by Gasteiger charge is -2.30. The minimum atomic E-state index is -0.258. The summed E-state index contributed by atoms with van der Waals surface area (Å²) in [5.41, 5.74) is 5.73. The molecule has 2 aromatic heterocycles. The number of hydrogen-bond donors (Lipinski definition) is 1. The average molecular weight is 456 g/mol. The van der Waals surface area contributed by atoms with Gasteiger partial charge in [-0.1, -0.05) is 49.4 Å². The lowest BCUT2D eigenvalue weighted by atomic mass is 10.0. The van der Waals surface area contributed by atoms with Crippen LogP contribution >= 0.6 is 0 Å². The molecule has 0 saturated heterocycles. The van der Waals surface area contributed by atoms with Crippen LogP contribution < -0.4 is 10.9 Å². The van der Waals surface area contributed by atoms with Crippen LogP contribution in [0.25, 0.3) is 5.65 Å². The smallest absolute Gasteiger partial charge is 0.279 e. The van der Waals surface area contributed by atoms with Gasteiger partial charge in [-0.3, -0.25) is 14.5 Å². The van der Waals surface area contributed by atoms with Gasteiger partial charge < -0.3 is 9.88 Å². The molecule has 2 aromatic carbocycles. The van der Waals surface area contributed by atoms with Crippen molar-refractivity contribution in [2.45, 2.75) is 46.3 Å². The lowest BCUT2D eigenvalue weighted by molar-refractivity contribution is 0.102. The Balaban J connectivity index is 1.50. The Labute approximate surface area is 198 Å². The minimum Gasteiger partial charge on any atom is -0.329 e. The maximum Gasteiger partial charge on any atom is 0.279 e. The molecule has 34 heavy (non-hydrogen) atoms. The highest BCUT2D eigenvalue weighted by molar-refractivity contribution is 6.08. The van der Waals surface area contributed by atoms with Gasteiger partial charge in [-0.25, -0.2) is 0 Å². The first-order valence-corrected chi connectivity index (χ1v) is 11.9. The molecule has 0 spiro atoms. The standard InChI is InChI=1S/C27H29N5O2/c1-3-19-11-8-12-21(15-19)29-25(33)22-16-28-32-26(22)31(4-2)24-13-14-30(18-23(24)27(32)34)17-20-9-6-5-7-10-20/h5-12,15-16H,3-4,13-14,17-18H2,1-2H3,(H,29,33). The Morgan fingerprint density at radius 1 is 1.06 bits per heavy atom. The van der Waals surface area contributed by atoms with Gasteiger partial charge >= 0.3 is 0 Å². The summed E-state index contributed by atoms with van der Waals surface area (Å²) >= 11 is 0. The predicted octanol–water partition coefficient (Wildman–Crippen LogP) is 3.89. The van der Waals surface area contributed by atoms with Gasteiger partial charge in [-0.05, 0) is 36.6 Å². The first kappa shape index (κ1) is 22.1. The number of rotatable bonds is 6. The number of carbonyl (C=O) groups excluding carboxylic acids is 1. The molecule has 0 unspecified atom stereocenters. The van der Waals surface area contributed by atoms with Crippen LogP contribution in [0.1, 0.15) is 46.6 Å². The van der Waals surface area contributed by atoms with Gasteiger partial charge in [0.1, 0.15) is 5.56 Å². The Bertz CT molecular complexity index is 1400. The first-order chi connectivity index (χ1) is 16.6. The third-order valence-electron chi connectivity index (χ3n) is 6.57. The van der Waals surface area contributed by atoms with Crippen molar-refractivity contribution in [3.63, 3.8) is 0 Å². The SMILES string of the molecule is CCc1cccc(NC(=O)c2cnn3c(=O)c4c(n(CC)c23)CCN(Cc2ccccc2)C4)c1. The number of benzene rings is 2. The second-order valence-corrected chi connectivity index (χ2v) is 8.72. The Kier molecular flexibility index (Phi) is 6.02. The molecular weight excluding hydrogens is 426 g/mol. The minimum absolute atomic E-state index is 0.139. The van der Waals surface area contributed by atoms with Gasteiger partial charge in [0.2, 0.25) is 0 Å². The Morgan fingerprint density at radius 2 is 1.85 bits per heavy atom. The normalized spacial score (nSPS) is 13.7. The van der Waals surface area contributed by atoms with Crippen LogP contribution in [0.2, 0.25) is 0 Å². The highest BCUT2D eigenvalue weighted by atomic mass is 16.2. The van der Waals surface area contributed by atoms with Crippen LogP contribution in [-0.4, -0.2) is 31.5 Å². The molecule has 1 amide bonds. The van der Waals surface area contributed by atoms with E-state index in [1.54, 1.807) is 0 Å². The van der Waals surface area contributed by atoms with E-state index in [2.05, 4.69) is 38.9 Å². The molecule has 0 saturated carbocycles. The van der Waals surface area contributed by atoms with E-state index in [-0.39, 0.29) is 11.5 Å². The second kappa shape index (κ2) is 9.27. The predicted molar refractivity (Wildman–Crippen MR) is 133 cm³/mol. The zero-order chi connectivity index (χ0) is 23.7. The quantitative estimate of drug-likeness (QED) is 0.479. The third-order valence-corrected chi connectivity index (χ3v) is 6.57. The van der Waals surface area contributed by atoms with Crippen molar-refractivity contribution < 1.29 is 4.79 Å². The van der Waals surface area contributed by atoms with Crippen molar-refractivity contribution in [1.29, 1.82) is 0 Å². The molecule has 174 valence electrons. The molecule has 0 fully saturated rings. The number of hydrogen-bond acceptors (Lipinski definition) is 4. The van der Waals surface area contributed by atoms with Gasteiger partial charge in [-0.2, -0.15) is 9.61 Å². The van der Waals surface area contributed by atoms with Crippen LogP contribution in [0.4, 0.5) is 5.69 Å². The molecule has 7 heteroatoms. The number of nitrogens with zero attached hydrogens (tertiary/aromatic N) is 4. The summed E-state index contributed by atoms with van der Waals surface area (Å²) in [7, 11) is 0. The summed E-state index contributed by atoms with van der Waals surface area (Å²) < 4.78 is 3.48. The fourth-order valence-corrected chi connectivity index (χ4v) is 4.85. The van der Waals surface area contributed by atoms with Crippen molar-refractivity contribution in [1.82, 2.24) is 19.1 Å². The Morgan fingerprint density at radius 3 is 2.62 bits per heavy atom. The highest BCUT2D eigenvalue weighted by Crippen LogP contribution is 2.23. The number of amides is 1. The summed E-state index contributed by atoms with van der Waals surface area (Å²) in [5, 5.41) is 7.32. The van der Waals surface area contributed by atoms with Crippen molar-refractivity contribution in [3.05, 3.63) is 99.1 Å². The molecule has 0 atom stereocenters. The highest BCUT2D eigenvalue weighted by Gasteiger charge is 2.27. The largest absolute Gasteiger partial charge is 0.329 e. The van der Waals surface area contributed by atoms with Crippen LogP contribution in [0.15, 0.2) is 65.6 Å². The topological polar surface area (TPSA) is 71.6 Å². The van der Waals surface area contributed by atoms with Gasteiger partial charge in [-0.15, -0.1) is 0 Å². The van der Waals surface area contributed by atoms with E-state index in [0.717, 1.165) is 48.4 Å². The molecule has 5 rings (SSSR count). The molecule has 3 heterocycles. The number of aromatic nitrogens is 3. The molecule has 4 aromatic rings. The maximum absolute atomic E-state index is 13.4. The van der Waals surface area contributed by atoms with Crippen molar-refractivity contribution in [2.24, 2.45) is 0 Å². The summed E-state index contributed by atoms with van der Waals surface area (Å²) in [6.07, 6.45) is 3.16. The molecule has 1 aliphatic rings. The fourth-order valence-electron chi connectivity index (χ4n) is 4.85. The molecule has 1 N–H and O–H groups in total. The van der Waals surface area contributed by atoms with E-state index < -0.39 is 0 Å². The third kappa shape index (κ3) is 4.03. The van der Waals surface area contributed by atoms with Crippen molar-refractivity contribution in [3.8, 4) is 0 Å². The maximum atomic E-state index is 13.4. The second-order valence-electron chi connectivity index (χ2n) is 8.72. The van der Waals surface area contributed by atoms with E-state index in [1.807, 2.05) is 49.4 Å². The van der Waals surface area contributed by atoms with Crippen LogP contribution in [-0.2, 0) is 32.5 Å². The number of nitrogens with one attached hydrogen (secondary N) is 1. The average Bonchev–Trinajstić information content (AvgIpc) is 3.31. The van der Waals surface area contributed by atoms with Crippen LogP contribution in [0, 0.1) is 0 Å². The number of anilines is 1. The van der Waals surface area contributed by atoms with E-state index in [0.29, 0.717) is 24.3 Å². The summed E-state index contributed by atoms with van der Waals surface area (Å²) in [6.45, 7) is 7.01. The van der Waals surface area contributed by atoms with Crippen molar-refractivity contribution >= 4 is 17.2 Å². The van der Waals surface area contributed by atoms with E-state index in [4.69, 9.17) is 0 Å². The number of aryl methyl sites for hydroxylation is 2. The molecule has 7 nitrogen and oxygen atoms in total. The summed E-state index contributed by atoms with van der Waals surface area (Å²) in [4.78, 5) is 28.9. The van der Waals surface area contributed by atoms with E-state index >= 15 is 0 Å².